The maximum atomic E-state index is 13.1. The standard InChI is InChI=1S/C27H28ClF3N2O5S.C27H31F3N4O5S.C27H29F3N2O3.C25H30N2O2/c1-3-32(4-2)24(34)19-8-6-18(7-9-19)22-17-26(12-5-14-33(15-13-26)25(35)27(29,30)31)38-23-11-10-20(16-21(22)23)39(28,36)37;1-3-33(4-2)24(35)19-8-6-18(7-9-19)22-17-26(12-5-14-34(15-13-26)25(36)27(28,29)30)39-23-11-10-20(16-21(22)23)40(37,38)32-31;1-3-31(4-2)24(33)20-12-10-19(11-13-20)22-18-26(35-23-9-6-5-8-21(22)23)14-7-16-32(17-15-26)25(34)27(28,29)30;1-3-27(4-2)24(28)20-12-10-19(11-13-20)22-18-25(14-7-16-26-17-15-25)29-23-9-6-5-8-21(22)23/h6-11,16-17H,3-5,12-15H2,1-2H3;6-11,16-17,32H,3-5,12-15,31H2,1-2H3;5-6,8-13,18H,3-4,7,14-17H2,1-2H3;5-6,8-13,18,26H,3-4,7,14-17H2,1-2H3. The first-order valence-electron chi connectivity index (χ1n) is 48.1. The molecule has 0 bridgehead atoms. The molecule has 4 spiro atoms. The molecule has 4 unspecified atom stereocenters. The number of nitrogens with zero attached hydrogens (tertiary/aromatic N) is 7. The first kappa shape index (κ1) is 108. The van der Waals surface area contributed by atoms with Gasteiger partial charge in [0.15, 0.2) is 0 Å². The molecule has 8 aromatic carbocycles. The van der Waals surface area contributed by atoms with Crippen LogP contribution in [-0.4, -0.2) is 238 Å². The van der Waals surface area contributed by atoms with Crippen LogP contribution in [0.15, 0.2) is 216 Å². The summed E-state index contributed by atoms with van der Waals surface area (Å²) in [5.74, 6) is 1.74. The Balaban J connectivity index is 0.000000161. The van der Waals surface area contributed by atoms with E-state index in [0.717, 1.165) is 99.3 Å². The van der Waals surface area contributed by atoms with Crippen molar-refractivity contribution in [2.75, 3.05) is 105 Å². The second-order valence-corrected chi connectivity index (χ2v) is 40.3. The number of hydrazine groups is 1. The highest BCUT2D eigenvalue weighted by molar-refractivity contribution is 8.13. The second kappa shape index (κ2) is 45.3. The van der Waals surface area contributed by atoms with Crippen molar-refractivity contribution in [1.82, 2.24) is 44.4 Å². The van der Waals surface area contributed by atoms with E-state index in [0.29, 0.717) is 132 Å². The van der Waals surface area contributed by atoms with Crippen molar-refractivity contribution >= 4 is 93.4 Å². The first-order valence-corrected chi connectivity index (χ1v) is 51.9. The summed E-state index contributed by atoms with van der Waals surface area (Å²) in [4.78, 5) is 97.6. The third-order valence-corrected chi connectivity index (χ3v) is 29.7. The molecule has 4 saturated heterocycles. The lowest BCUT2D eigenvalue weighted by Crippen LogP contribution is -2.43. The lowest BCUT2D eigenvalue weighted by molar-refractivity contribution is -0.185. The average Bonchev–Trinajstić information content (AvgIpc) is 1.61. The van der Waals surface area contributed by atoms with Gasteiger partial charge in [-0.2, -0.15) is 44.3 Å². The van der Waals surface area contributed by atoms with Crippen molar-refractivity contribution in [2.24, 2.45) is 5.84 Å². The van der Waals surface area contributed by atoms with Gasteiger partial charge in [0.2, 0.25) is 0 Å². The Morgan fingerprint density at radius 3 is 0.902 bits per heavy atom. The number of halogens is 10. The molecule has 4 N–H and O–H groups in total. The van der Waals surface area contributed by atoms with E-state index < -0.39 is 72.1 Å². The predicted octanol–water partition coefficient (Wildman–Crippen LogP) is 18.5. The fourth-order valence-electron chi connectivity index (χ4n) is 19.4. The molecule has 8 aliphatic rings. The Labute approximate surface area is 831 Å². The quantitative estimate of drug-likeness (QED) is 0.0293. The number of benzene rings is 8. The van der Waals surface area contributed by atoms with E-state index in [9.17, 15) is 89.9 Å². The van der Waals surface area contributed by atoms with E-state index in [4.69, 9.17) is 35.5 Å². The molecular formula is C106H118ClF9N10O15S2. The van der Waals surface area contributed by atoms with Gasteiger partial charge in [-0.1, -0.05) is 84.9 Å². The number of likely N-dealkylation sites (tertiary alicyclic amines) is 3. The van der Waals surface area contributed by atoms with Gasteiger partial charge in [0.1, 0.15) is 45.4 Å². The number of alkyl halides is 9. The summed E-state index contributed by atoms with van der Waals surface area (Å²) in [6.45, 7) is 21.9. The van der Waals surface area contributed by atoms with Gasteiger partial charge < -0.3 is 58.6 Å². The molecule has 25 nitrogen and oxygen atoms in total. The molecule has 7 amide bonds. The lowest BCUT2D eigenvalue weighted by Gasteiger charge is -2.37. The van der Waals surface area contributed by atoms with Crippen LogP contribution in [0.5, 0.6) is 23.0 Å². The number of nitrogens with one attached hydrogen (secondary N) is 2. The predicted molar refractivity (Wildman–Crippen MR) is 526 cm³/mol. The van der Waals surface area contributed by atoms with Crippen LogP contribution in [0, 0.1) is 0 Å². The number of carbonyl (C=O) groups is 7. The molecule has 16 rings (SSSR count). The Bertz CT molecular complexity index is 6360. The maximum Gasteiger partial charge on any atom is 0.471 e. The molecule has 0 radical (unpaired) electrons. The summed E-state index contributed by atoms with van der Waals surface area (Å²) in [5.41, 5.74) is 8.69. The van der Waals surface area contributed by atoms with Crippen molar-refractivity contribution in [3.05, 3.63) is 273 Å². The van der Waals surface area contributed by atoms with Crippen molar-refractivity contribution < 1.29 is 109 Å². The van der Waals surface area contributed by atoms with E-state index in [2.05, 4.69) is 41.7 Å². The maximum absolute atomic E-state index is 13.1. The van der Waals surface area contributed by atoms with Crippen molar-refractivity contribution in [3.8, 4) is 23.0 Å². The Morgan fingerprint density at radius 1 is 0.350 bits per heavy atom. The van der Waals surface area contributed by atoms with Crippen LogP contribution in [0.4, 0.5) is 39.5 Å². The summed E-state index contributed by atoms with van der Waals surface area (Å²) in [6.07, 6.45) is -1.33. The van der Waals surface area contributed by atoms with Crippen molar-refractivity contribution in [3.63, 3.8) is 0 Å². The van der Waals surface area contributed by atoms with Crippen LogP contribution < -0.4 is 34.9 Å². The van der Waals surface area contributed by atoms with Gasteiger partial charge in [-0.25, -0.2) is 16.8 Å². The minimum Gasteiger partial charge on any atom is -0.482 e. The Hall–Kier alpha value is -12.4. The van der Waals surface area contributed by atoms with Crippen LogP contribution in [0.1, 0.15) is 218 Å². The van der Waals surface area contributed by atoms with Gasteiger partial charge in [-0.05, 0) is 286 Å². The van der Waals surface area contributed by atoms with Gasteiger partial charge in [0, 0.05) is 172 Å². The van der Waals surface area contributed by atoms with Gasteiger partial charge in [-0.15, -0.1) is 0 Å². The Kier molecular flexibility index (Phi) is 34.2. The number of carbonyl (C=O) groups excluding carboxylic acids is 7. The first-order chi connectivity index (χ1) is 67.9. The summed E-state index contributed by atoms with van der Waals surface area (Å²) in [7, 11) is -2.46. The van der Waals surface area contributed by atoms with E-state index >= 15 is 0 Å². The zero-order chi connectivity index (χ0) is 103. The molecule has 0 aromatic heterocycles. The van der Waals surface area contributed by atoms with Gasteiger partial charge in [-0.3, -0.25) is 39.4 Å². The van der Waals surface area contributed by atoms with Crippen LogP contribution in [0.2, 0.25) is 0 Å². The molecule has 4 fully saturated rings. The third-order valence-electron chi connectivity index (χ3n) is 27.2. The second-order valence-electron chi connectivity index (χ2n) is 36.0. The van der Waals surface area contributed by atoms with Gasteiger partial charge in [0.25, 0.3) is 42.7 Å². The fraction of sp³-hybridized carbons (Fsp3) is 0.406. The monoisotopic (exact) mass is 2040 g/mol. The summed E-state index contributed by atoms with van der Waals surface area (Å²) in [5, 5.41) is 3.49. The van der Waals surface area contributed by atoms with E-state index in [1.54, 1.807) is 92.3 Å². The van der Waals surface area contributed by atoms with E-state index in [1.807, 2.05) is 121 Å². The molecule has 4 atom stereocenters. The van der Waals surface area contributed by atoms with E-state index in [1.165, 1.54) is 42.0 Å². The summed E-state index contributed by atoms with van der Waals surface area (Å²) in [6, 6.07) is 53.4. The molecular weight excluding hydrogens is 1920 g/mol. The summed E-state index contributed by atoms with van der Waals surface area (Å²) < 4.78 is 192. The molecule has 8 aliphatic heterocycles. The highest BCUT2D eigenvalue weighted by Crippen LogP contribution is 2.50. The highest BCUT2D eigenvalue weighted by atomic mass is 35.7. The SMILES string of the molecule is CCN(CC)C(=O)c1ccc(C2=CC3(CCCN(C(=O)C(F)(F)F)CC3)Oc3ccc(S(=O)(=O)Cl)cc32)cc1.CCN(CC)C(=O)c1ccc(C2=CC3(CCCN(C(=O)C(F)(F)F)CC3)Oc3ccc(S(=O)(=O)NN)cc32)cc1.CCN(CC)C(=O)c1ccc(C2=CC3(CCCN(C(=O)C(F)(F)F)CC3)Oc3ccccc32)cc1.CCN(CC)C(=O)c1ccc(C2=CC3(CCCNCC3)Oc3ccccc32)cc1. The van der Waals surface area contributed by atoms with E-state index in [-0.39, 0.29) is 110 Å². The zero-order valence-electron chi connectivity index (χ0n) is 80.9. The van der Waals surface area contributed by atoms with Gasteiger partial charge in [0.05, 0.1) is 9.79 Å². The highest BCUT2D eigenvalue weighted by Gasteiger charge is 2.50. The number of hydrogen-bond donors (Lipinski definition) is 3. The molecule has 764 valence electrons. The Morgan fingerprint density at radius 2 is 0.615 bits per heavy atom. The molecule has 0 aliphatic carbocycles. The van der Waals surface area contributed by atoms with Crippen molar-refractivity contribution in [1.29, 1.82) is 0 Å². The third kappa shape index (κ3) is 25.0. The normalized spacial score (nSPS) is 19.9. The fourth-order valence-corrected chi connectivity index (χ4v) is 20.8. The van der Waals surface area contributed by atoms with Crippen LogP contribution >= 0.6 is 10.7 Å². The minimum atomic E-state index is -4.97. The molecule has 8 heterocycles. The number of ether oxygens (including phenoxy) is 4. The van der Waals surface area contributed by atoms with Crippen LogP contribution in [0.25, 0.3) is 22.3 Å². The number of amides is 7. The molecule has 37 heteroatoms. The number of fused-ring (bicyclic) bond motifs is 4. The molecule has 143 heavy (non-hydrogen) atoms. The topological polar surface area (TPSA) is 297 Å². The van der Waals surface area contributed by atoms with Crippen molar-refractivity contribution in [2.45, 2.75) is 183 Å². The lowest BCUT2D eigenvalue weighted by atomic mass is 9.84. The van der Waals surface area contributed by atoms with Crippen LogP contribution in [-0.2, 0) is 33.5 Å². The number of hydrogen-bond acceptors (Lipinski definition) is 17. The number of sulfonamides is 1. The number of para-hydroxylation sites is 2. The largest absolute Gasteiger partial charge is 0.482 e. The average molecular weight is 2040 g/mol. The number of nitrogens with two attached hydrogens (primary N) is 1. The molecule has 0 saturated carbocycles. The number of rotatable bonds is 19. The summed E-state index contributed by atoms with van der Waals surface area (Å²) >= 11 is 0. The smallest absolute Gasteiger partial charge is 0.471 e. The van der Waals surface area contributed by atoms with Crippen LogP contribution in [0.3, 0.4) is 0 Å². The minimum absolute atomic E-state index is 0.0300. The molecule has 8 aromatic rings. The van der Waals surface area contributed by atoms with Gasteiger partial charge >= 0.3 is 36.3 Å². The zero-order valence-corrected chi connectivity index (χ0v) is 83.2.